The fourth-order valence-electron chi connectivity index (χ4n) is 1.12. The van der Waals surface area contributed by atoms with Crippen LogP contribution < -0.4 is 4.74 Å². The molecule has 0 radical (unpaired) electrons. The summed E-state index contributed by atoms with van der Waals surface area (Å²) in [7, 11) is 1.57. The van der Waals surface area contributed by atoms with Gasteiger partial charge in [0.25, 0.3) is 0 Å². The van der Waals surface area contributed by atoms with Crippen molar-refractivity contribution < 1.29 is 19.0 Å². The molecule has 0 amide bonds. The van der Waals surface area contributed by atoms with Crippen molar-refractivity contribution in [1.29, 1.82) is 0 Å². The van der Waals surface area contributed by atoms with Crippen LogP contribution in [0, 0.1) is 0 Å². The summed E-state index contributed by atoms with van der Waals surface area (Å²) in [6, 6.07) is 2.98. The maximum Gasteiger partial charge on any atom is 0.189 e. The lowest BCUT2D eigenvalue weighted by atomic mass is 10.2. The molecule has 0 fully saturated rings. The van der Waals surface area contributed by atoms with Crippen LogP contribution >= 0.6 is 23.2 Å². The number of benzene rings is 1. The second-order valence-electron chi connectivity index (χ2n) is 3.09. The van der Waals surface area contributed by atoms with Gasteiger partial charge in [0.15, 0.2) is 18.8 Å². The number of ether oxygens (including phenoxy) is 3. The Morgan fingerprint density at radius 1 is 1.29 bits per heavy atom. The van der Waals surface area contributed by atoms with E-state index in [1.807, 2.05) is 0 Å². The van der Waals surface area contributed by atoms with Crippen LogP contribution in [0.5, 0.6) is 5.75 Å². The zero-order chi connectivity index (χ0) is 12.7. The van der Waals surface area contributed by atoms with Crippen molar-refractivity contribution in [3.05, 3.63) is 27.7 Å². The SMILES string of the molecule is COCCOCOc1c(Cl)cc(Cl)cc1C=O. The number of halogens is 2. The van der Waals surface area contributed by atoms with Gasteiger partial charge in [0, 0.05) is 12.1 Å². The fourth-order valence-corrected chi connectivity index (χ4v) is 1.69. The Balaban J connectivity index is 2.60. The molecule has 0 saturated heterocycles. The van der Waals surface area contributed by atoms with E-state index in [1.54, 1.807) is 7.11 Å². The van der Waals surface area contributed by atoms with E-state index in [9.17, 15) is 4.79 Å². The van der Waals surface area contributed by atoms with Gasteiger partial charge in [-0.2, -0.15) is 0 Å². The molecule has 0 N–H and O–H groups in total. The Labute approximate surface area is 109 Å². The highest BCUT2D eigenvalue weighted by Crippen LogP contribution is 2.31. The van der Waals surface area contributed by atoms with Crippen molar-refractivity contribution in [3.63, 3.8) is 0 Å². The number of hydrogen-bond acceptors (Lipinski definition) is 4. The van der Waals surface area contributed by atoms with E-state index in [1.165, 1.54) is 12.1 Å². The number of rotatable bonds is 7. The average Bonchev–Trinajstić information content (AvgIpc) is 2.30. The Hall–Kier alpha value is -0.810. The lowest BCUT2D eigenvalue weighted by Crippen LogP contribution is -2.09. The maximum absolute atomic E-state index is 10.8. The van der Waals surface area contributed by atoms with Gasteiger partial charge in [-0.1, -0.05) is 23.2 Å². The van der Waals surface area contributed by atoms with Crippen LogP contribution in [0.2, 0.25) is 10.0 Å². The predicted octanol–water partition coefficient (Wildman–Crippen LogP) is 2.81. The molecule has 0 aliphatic heterocycles. The van der Waals surface area contributed by atoms with Crippen molar-refractivity contribution in [2.75, 3.05) is 27.1 Å². The summed E-state index contributed by atoms with van der Waals surface area (Å²) < 4.78 is 15.2. The zero-order valence-electron chi connectivity index (χ0n) is 9.24. The largest absolute Gasteiger partial charge is 0.465 e. The molecule has 4 nitrogen and oxygen atoms in total. The Kier molecular flexibility index (Phi) is 6.29. The van der Waals surface area contributed by atoms with E-state index < -0.39 is 0 Å². The Morgan fingerprint density at radius 2 is 2.06 bits per heavy atom. The minimum atomic E-state index is -0.00838. The monoisotopic (exact) mass is 278 g/mol. The molecule has 1 rings (SSSR count). The third-order valence-electron chi connectivity index (χ3n) is 1.88. The highest BCUT2D eigenvalue weighted by Gasteiger charge is 2.10. The minimum Gasteiger partial charge on any atom is -0.465 e. The van der Waals surface area contributed by atoms with E-state index >= 15 is 0 Å². The summed E-state index contributed by atoms with van der Waals surface area (Å²) in [6.45, 7) is 0.863. The number of hydrogen-bond donors (Lipinski definition) is 0. The third-order valence-corrected chi connectivity index (χ3v) is 2.38. The van der Waals surface area contributed by atoms with Crippen LogP contribution in [0.1, 0.15) is 10.4 Å². The summed E-state index contributed by atoms with van der Waals surface area (Å²) in [4.78, 5) is 10.8. The second-order valence-corrected chi connectivity index (χ2v) is 3.93. The average molecular weight is 279 g/mol. The number of carbonyl (C=O) groups is 1. The van der Waals surface area contributed by atoms with Crippen molar-refractivity contribution >= 4 is 29.5 Å². The molecule has 0 saturated carbocycles. The molecule has 0 heterocycles. The van der Waals surface area contributed by atoms with Crippen LogP contribution in [0.15, 0.2) is 12.1 Å². The smallest absolute Gasteiger partial charge is 0.189 e. The Bertz CT molecular complexity index is 382. The molecule has 0 spiro atoms. The first kappa shape index (κ1) is 14.3. The first-order valence-electron chi connectivity index (χ1n) is 4.82. The maximum atomic E-state index is 10.8. The normalized spacial score (nSPS) is 10.3. The van der Waals surface area contributed by atoms with Crippen LogP contribution in [0.3, 0.4) is 0 Å². The van der Waals surface area contributed by atoms with Gasteiger partial charge >= 0.3 is 0 Å². The zero-order valence-corrected chi connectivity index (χ0v) is 10.8. The van der Waals surface area contributed by atoms with Gasteiger partial charge in [-0.25, -0.2) is 0 Å². The van der Waals surface area contributed by atoms with Crippen molar-refractivity contribution in [3.8, 4) is 5.75 Å². The molecule has 94 valence electrons. The van der Waals surface area contributed by atoms with E-state index in [4.69, 9.17) is 37.4 Å². The molecule has 0 atom stereocenters. The third kappa shape index (κ3) is 4.52. The van der Waals surface area contributed by atoms with Gasteiger partial charge < -0.3 is 14.2 Å². The van der Waals surface area contributed by atoms with Gasteiger partial charge in [0.2, 0.25) is 0 Å². The molecule has 6 heteroatoms. The molecule has 0 bridgehead atoms. The topological polar surface area (TPSA) is 44.8 Å². The van der Waals surface area contributed by atoms with Crippen LogP contribution in [-0.2, 0) is 9.47 Å². The van der Waals surface area contributed by atoms with Gasteiger partial charge in [0.1, 0.15) is 0 Å². The van der Waals surface area contributed by atoms with Gasteiger partial charge in [-0.3, -0.25) is 4.79 Å². The predicted molar refractivity (Wildman–Crippen MR) is 65.2 cm³/mol. The van der Waals surface area contributed by atoms with Crippen LogP contribution in [0.4, 0.5) is 0 Å². The minimum absolute atomic E-state index is 0.00838. The van der Waals surface area contributed by atoms with E-state index in [-0.39, 0.29) is 23.1 Å². The molecule has 1 aromatic rings. The number of methoxy groups -OCH3 is 1. The summed E-state index contributed by atoms with van der Waals surface area (Å²) in [6.07, 6.45) is 0.627. The van der Waals surface area contributed by atoms with E-state index in [2.05, 4.69) is 0 Å². The molecule has 0 unspecified atom stereocenters. The van der Waals surface area contributed by atoms with Crippen molar-refractivity contribution in [2.45, 2.75) is 0 Å². The summed E-state index contributed by atoms with van der Waals surface area (Å²) in [5.74, 6) is 0.267. The summed E-state index contributed by atoms with van der Waals surface area (Å²) in [5.41, 5.74) is 0.290. The first-order valence-corrected chi connectivity index (χ1v) is 5.58. The van der Waals surface area contributed by atoms with Gasteiger partial charge in [0.05, 0.1) is 23.8 Å². The van der Waals surface area contributed by atoms with Crippen LogP contribution in [0.25, 0.3) is 0 Å². The second kappa shape index (κ2) is 7.50. The quantitative estimate of drug-likeness (QED) is 0.437. The number of carbonyl (C=O) groups excluding carboxylic acids is 1. The summed E-state index contributed by atoms with van der Waals surface area (Å²) in [5, 5.41) is 0.652. The van der Waals surface area contributed by atoms with Gasteiger partial charge in [-0.15, -0.1) is 0 Å². The molecule has 1 aromatic carbocycles. The van der Waals surface area contributed by atoms with Gasteiger partial charge in [-0.05, 0) is 12.1 Å². The molecule has 0 aliphatic rings. The molecule has 0 aliphatic carbocycles. The standard InChI is InChI=1S/C11H12Cl2O4/c1-15-2-3-16-7-17-11-8(6-14)4-9(12)5-10(11)13/h4-6H,2-3,7H2,1H3. The van der Waals surface area contributed by atoms with Crippen molar-refractivity contribution in [2.24, 2.45) is 0 Å². The van der Waals surface area contributed by atoms with E-state index in [0.29, 0.717) is 24.5 Å². The fraction of sp³-hybridized carbons (Fsp3) is 0.364. The van der Waals surface area contributed by atoms with E-state index in [0.717, 1.165) is 0 Å². The molecule has 0 aromatic heterocycles. The summed E-state index contributed by atoms with van der Waals surface area (Å²) >= 11 is 11.7. The van der Waals surface area contributed by atoms with Crippen molar-refractivity contribution in [1.82, 2.24) is 0 Å². The Morgan fingerprint density at radius 3 is 2.71 bits per heavy atom. The van der Waals surface area contributed by atoms with Crippen LogP contribution in [-0.4, -0.2) is 33.4 Å². The highest BCUT2D eigenvalue weighted by molar-refractivity contribution is 6.36. The highest BCUT2D eigenvalue weighted by atomic mass is 35.5. The lowest BCUT2D eigenvalue weighted by molar-refractivity contribution is -0.00862. The molecular weight excluding hydrogens is 267 g/mol. The molecule has 17 heavy (non-hydrogen) atoms. The number of aldehydes is 1. The first-order chi connectivity index (χ1) is 8.19. The lowest BCUT2D eigenvalue weighted by Gasteiger charge is -2.10. The molecular formula is C11H12Cl2O4.